The van der Waals surface area contributed by atoms with Crippen molar-refractivity contribution in [3.63, 3.8) is 0 Å². The summed E-state index contributed by atoms with van der Waals surface area (Å²) in [7, 11) is 0. The molecule has 10 heavy (non-hydrogen) atoms. The molecule has 1 rings (SSSR count). The highest BCUT2D eigenvalue weighted by Crippen LogP contribution is 2.16. The highest BCUT2D eigenvalue weighted by molar-refractivity contribution is 4.82. The van der Waals surface area contributed by atoms with Gasteiger partial charge in [-0.25, -0.2) is 4.39 Å². The molecule has 0 aromatic heterocycles. The second-order valence-electron chi connectivity index (χ2n) is 2.99. The van der Waals surface area contributed by atoms with Gasteiger partial charge in [-0.3, -0.25) is 0 Å². The molecule has 3 heteroatoms. The molecule has 1 atom stereocenters. The Bertz CT molecular complexity index is 99.8. The summed E-state index contributed by atoms with van der Waals surface area (Å²) in [6, 6.07) is 0. The molecule has 0 aromatic rings. The van der Waals surface area contributed by atoms with Gasteiger partial charge in [-0.1, -0.05) is 0 Å². The van der Waals surface area contributed by atoms with Crippen LogP contribution in [0, 0.1) is 0 Å². The van der Waals surface area contributed by atoms with Crippen LogP contribution in [0.25, 0.3) is 0 Å². The van der Waals surface area contributed by atoms with Gasteiger partial charge >= 0.3 is 0 Å². The first-order chi connectivity index (χ1) is 4.77. The predicted molar refractivity (Wildman–Crippen MR) is 37.6 cm³/mol. The van der Waals surface area contributed by atoms with Crippen molar-refractivity contribution in [2.75, 3.05) is 19.8 Å². The van der Waals surface area contributed by atoms with Gasteiger partial charge in [-0.05, 0) is 25.8 Å². The molecule has 1 aliphatic heterocycles. The fraction of sp³-hybridized carbons (Fsp3) is 1.00. The van der Waals surface area contributed by atoms with Crippen molar-refractivity contribution in [2.45, 2.75) is 24.9 Å². The van der Waals surface area contributed by atoms with Crippen LogP contribution in [0.15, 0.2) is 0 Å². The number of β-amino-alcohol motifs (C(OH)–C–C–N with tert-alkyl or cyclic N) is 1. The predicted octanol–water partition coefficient (Wildman–Crippen LogP) is 0.460. The van der Waals surface area contributed by atoms with Crippen LogP contribution in [0.4, 0.5) is 4.39 Å². The van der Waals surface area contributed by atoms with Gasteiger partial charge in [0.15, 0.2) is 0 Å². The quantitative estimate of drug-likeness (QED) is 0.564. The number of nitrogens with one attached hydrogen (secondary N) is 1. The van der Waals surface area contributed by atoms with Crippen LogP contribution >= 0.6 is 0 Å². The average molecular weight is 147 g/mol. The number of rotatable bonds is 1. The SMILES string of the molecule is O[C@@]1(CF)CCCCNC1. The summed E-state index contributed by atoms with van der Waals surface area (Å²) in [5.74, 6) is 0. The zero-order valence-corrected chi connectivity index (χ0v) is 6.07. The van der Waals surface area contributed by atoms with E-state index in [-0.39, 0.29) is 0 Å². The Labute approximate surface area is 60.4 Å². The monoisotopic (exact) mass is 147 g/mol. The van der Waals surface area contributed by atoms with Crippen molar-refractivity contribution in [3.05, 3.63) is 0 Å². The summed E-state index contributed by atoms with van der Waals surface area (Å²) in [6.45, 7) is 0.686. The Morgan fingerprint density at radius 3 is 3.00 bits per heavy atom. The highest BCUT2D eigenvalue weighted by Gasteiger charge is 2.27. The normalized spacial score (nSPS) is 35.4. The van der Waals surface area contributed by atoms with Crippen LogP contribution in [-0.4, -0.2) is 30.5 Å². The Morgan fingerprint density at radius 1 is 1.50 bits per heavy atom. The van der Waals surface area contributed by atoms with E-state index in [0.717, 1.165) is 19.4 Å². The molecule has 0 spiro atoms. The van der Waals surface area contributed by atoms with Gasteiger partial charge in [0, 0.05) is 6.54 Å². The maximum atomic E-state index is 12.2. The van der Waals surface area contributed by atoms with E-state index in [9.17, 15) is 9.50 Å². The maximum absolute atomic E-state index is 12.2. The van der Waals surface area contributed by atoms with E-state index in [1.54, 1.807) is 0 Å². The van der Waals surface area contributed by atoms with Gasteiger partial charge in [0.25, 0.3) is 0 Å². The first kappa shape index (κ1) is 7.95. The minimum Gasteiger partial charge on any atom is -0.386 e. The first-order valence-corrected chi connectivity index (χ1v) is 3.76. The number of aliphatic hydroxyl groups is 1. The summed E-state index contributed by atoms with van der Waals surface area (Å²) in [6.07, 6.45) is 2.56. The molecule has 1 heterocycles. The summed E-state index contributed by atoms with van der Waals surface area (Å²) >= 11 is 0. The molecule has 1 saturated heterocycles. The lowest BCUT2D eigenvalue weighted by molar-refractivity contribution is 0.0123. The Balaban J connectivity index is 2.41. The van der Waals surface area contributed by atoms with Gasteiger partial charge in [0.1, 0.15) is 12.3 Å². The molecule has 0 saturated carbocycles. The summed E-state index contributed by atoms with van der Waals surface area (Å²) in [5, 5.41) is 12.4. The van der Waals surface area contributed by atoms with Crippen molar-refractivity contribution in [2.24, 2.45) is 0 Å². The number of alkyl halides is 1. The number of hydrogen-bond donors (Lipinski definition) is 2. The zero-order chi connectivity index (χ0) is 7.45. The van der Waals surface area contributed by atoms with Crippen molar-refractivity contribution in [1.29, 1.82) is 0 Å². The van der Waals surface area contributed by atoms with E-state index in [4.69, 9.17) is 0 Å². The molecule has 0 aliphatic carbocycles. The lowest BCUT2D eigenvalue weighted by Gasteiger charge is -2.21. The lowest BCUT2D eigenvalue weighted by Crippen LogP contribution is -2.40. The third-order valence-corrected chi connectivity index (χ3v) is 1.95. The largest absolute Gasteiger partial charge is 0.386 e. The van der Waals surface area contributed by atoms with Crippen molar-refractivity contribution >= 4 is 0 Å². The molecule has 0 bridgehead atoms. The molecule has 2 nitrogen and oxygen atoms in total. The molecule has 0 amide bonds. The molecule has 1 aliphatic rings. The molecule has 1 fully saturated rings. The lowest BCUT2D eigenvalue weighted by atomic mass is 10.0. The van der Waals surface area contributed by atoms with Crippen LogP contribution < -0.4 is 5.32 Å². The van der Waals surface area contributed by atoms with Gasteiger partial charge in [0.2, 0.25) is 0 Å². The van der Waals surface area contributed by atoms with Crippen LogP contribution in [0.2, 0.25) is 0 Å². The second-order valence-corrected chi connectivity index (χ2v) is 2.99. The fourth-order valence-corrected chi connectivity index (χ4v) is 1.23. The molecular formula is C7H14FNO. The smallest absolute Gasteiger partial charge is 0.119 e. The molecular weight excluding hydrogens is 133 g/mol. The van der Waals surface area contributed by atoms with E-state index < -0.39 is 12.3 Å². The van der Waals surface area contributed by atoms with Crippen LogP contribution in [0.5, 0.6) is 0 Å². The standard InChI is InChI=1S/C7H14FNO/c8-5-7(10)3-1-2-4-9-6-7/h9-10H,1-6H2/t7-/m1/s1. The van der Waals surface area contributed by atoms with Gasteiger partial charge < -0.3 is 10.4 Å². The highest BCUT2D eigenvalue weighted by atomic mass is 19.1. The third-order valence-electron chi connectivity index (χ3n) is 1.95. The van der Waals surface area contributed by atoms with Crippen LogP contribution in [-0.2, 0) is 0 Å². The second kappa shape index (κ2) is 3.30. The van der Waals surface area contributed by atoms with Gasteiger partial charge in [-0.2, -0.15) is 0 Å². The molecule has 0 radical (unpaired) electrons. The molecule has 2 N–H and O–H groups in total. The van der Waals surface area contributed by atoms with Gasteiger partial charge in [-0.15, -0.1) is 0 Å². The van der Waals surface area contributed by atoms with Crippen molar-refractivity contribution in [3.8, 4) is 0 Å². The number of hydrogen-bond acceptors (Lipinski definition) is 2. The zero-order valence-electron chi connectivity index (χ0n) is 6.07. The third kappa shape index (κ3) is 1.92. The van der Waals surface area contributed by atoms with Crippen molar-refractivity contribution < 1.29 is 9.50 Å². The van der Waals surface area contributed by atoms with Crippen LogP contribution in [0.1, 0.15) is 19.3 Å². The topological polar surface area (TPSA) is 32.3 Å². The fourth-order valence-electron chi connectivity index (χ4n) is 1.23. The molecule has 0 unspecified atom stereocenters. The van der Waals surface area contributed by atoms with Crippen LogP contribution in [0.3, 0.4) is 0 Å². The van der Waals surface area contributed by atoms with E-state index in [2.05, 4.69) is 5.32 Å². The molecule has 60 valence electrons. The first-order valence-electron chi connectivity index (χ1n) is 3.76. The van der Waals surface area contributed by atoms with Gasteiger partial charge in [0.05, 0.1) is 0 Å². The Morgan fingerprint density at radius 2 is 2.30 bits per heavy atom. The van der Waals surface area contributed by atoms with E-state index in [0.29, 0.717) is 13.0 Å². The summed E-state index contributed by atoms with van der Waals surface area (Å²) < 4.78 is 12.2. The average Bonchev–Trinajstić information content (AvgIpc) is 2.15. The Hall–Kier alpha value is -0.150. The Kier molecular flexibility index (Phi) is 2.63. The van der Waals surface area contributed by atoms with E-state index >= 15 is 0 Å². The summed E-state index contributed by atoms with van der Waals surface area (Å²) in [4.78, 5) is 0. The maximum Gasteiger partial charge on any atom is 0.119 e. The van der Waals surface area contributed by atoms with Crippen molar-refractivity contribution in [1.82, 2.24) is 5.32 Å². The van der Waals surface area contributed by atoms with E-state index in [1.165, 1.54) is 0 Å². The molecule has 0 aromatic carbocycles. The summed E-state index contributed by atoms with van der Waals surface area (Å²) in [5.41, 5.74) is -1.07. The minimum absolute atomic E-state index is 0.406. The van der Waals surface area contributed by atoms with E-state index in [1.807, 2.05) is 0 Å². The minimum atomic E-state index is -1.07. The number of halogens is 1.